The van der Waals surface area contributed by atoms with Gasteiger partial charge in [-0.1, -0.05) is 58.9 Å². The van der Waals surface area contributed by atoms with Gasteiger partial charge in [0.2, 0.25) is 0 Å². The third-order valence-corrected chi connectivity index (χ3v) is 3.52. The molecule has 0 radical (unpaired) electrons. The Kier molecular flexibility index (Phi) is 8.63. The van der Waals surface area contributed by atoms with Gasteiger partial charge in [0.15, 0.2) is 0 Å². The lowest BCUT2D eigenvalue weighted by atomic mass is 10.1. The Bertz CT molecular complexity index is 358. The summed E-state index contributed by atoms with van der Waals surface area (Å²) in [7, 11) is 0. The highest BCUT2D eigenvalue weighted by molar-refractivity contribution is 5.22. The molecule has 0 unspecified atom stereocenters. The minimum atomic E-state index is 0.725. The van der Waals surface area contributed by atoms with Gasteiger partial charge in [-0.3, -0.25) is 4.90 Å². The maximum absolute atomic E-state index is 3.38. The molecule has 0 aliphatic heterocycles. The van der Waals surface area contributed by atoms with Gasteiger partial charge in [0.1, 0.15) is 0 Å². The van der Waals surface area contributed by atoms with E-state index in [9.17, 15) is 0 Å². The van der Waals surface area contributed by atoms with Crippen LogP contribution >= 0.6 is 0 Å². The molecule has 0 saturated heterocycles. The van der Waals surface area contributed by atoms with E-state index < -0.39 is 0 Å². The van der Waals surface area contributed by atoms with Crippen LogP contribution in [0.5, 0.6) is 0 Å². The molecule has 0 spiro atoms. The van der Waals surface area contributed by atoms with Gasteiger partial charge >= 0.3 is 0 Å². The summed E-state index contributed by atoms with van der Waals surface area (Å²) in [5.41, 5.74) is 2.86. The molecule has 0 heterocycles. The average molecular weight is 290 g/mol. The van der Waals surface area contributed by atoms with Crippen molar-refractivity contribution in [1.29, 1.82) is 0 Å². The van der Waals surface area contributed by atoms with Gasteiger partial charge in [0, 0.05) is 19.6 Å². The van der Waals surface area contributed by atoms with Crippen LogP contribution in [0.2, 0.25) is 0 Å². The SMILES string of the molecule is CCNCCc1ccc(CN(CC(C)C)CC(C)C)cc1. The molecule has 0 aromatic heterocycles. The molecule has 0 fully saturated rings. The maximum Gasteiger partial charge on any atom is 0.0233 e. The zero-order chi connectivity index (χ0) is 15.7. The fourth-order valence-corrected chi connectivity index (χ4v) is 2.72. The van der Waals surface area contributed by atoms with E-state index in [0.717, 1.165) is 37.9 Å². The first-order valence-corrected chi connectivity index (χ1v) is 8.52. The van der Waals surface area contributed by atoms with Crippen LogP contribution in [0.3, 0.4) is 0 Å². The summed E-state index contributed by atoms with van der Waals surface area (Å²) in [4.78, 5) is 2.59. The molecule has 0 bridgehead atoms. The van der Waals surface area contributed by atoms with Gasteiger partial charge in [-0.2, -0.15) is 0 Å². The molecule has 21 heavy (non-hydrogen) atoms. The Hall–Kier alpha value is -0.860. The first-order valence-electron chi connectivity index (χ1n) is 8.52. The van der Waals surface area contributed by atoms with Crippen molar-refractivity contribution in [1.82, 2.24) is 10.2 Å². The number of nitrogens with one attached hydrogen (secondary N) is 1. The molecule has 0 aliphatic carbocycles. The number of rotatable bonds is 10. The molecule has 1 rings (SSSR count). The van der Waals surface area contributed by atoms with Crippen LogP contribution < -0.4 is 5.32 Å². The fourth-order valence-electron chi connectivity index (χ4n) is 2.72. The molecule has 2 nitrogen and oxygen atoms in total. The molecule has 2 heteroatoms. The third-order valence-electron chi connectivity index (χ3n) is 3.52. The summed E-state index contributed by atoms with van der Waals surface area (Å²) in [6.07, 6.45) is 1.12. The van der Waals surface area contributed by atoms with E-state index in [-0.39, 0.29) is 0 Å². The van der Waals surface area contributed by atoms with Crippen molar-refractivity contribution in [2.45, 2.75) is 47.6 Å². The first kappa shape index (κ1) is 18.2. The molecule has 0 atom stereocenters. The summed E-state index contributed by atoms with van der Waals surface area (Å²) in [6.45, 7) is 16.9. The summed E-state index contributed by atoms with van der Waals surface area (Å²) in [5, 5.41) is 3.38. The number of nitrogens with zero attached hydrogens (tertiary/aromatic N) is 1. The van der Waals surface area contributed by atoms with Gasteiger partial charge in [-0.15, -0.1) is 0 Å². The van der Waals surface area contributed by atoms with Crippen molar-refractivity contribution < 1.29 is 0 Å². The predicted octanol–water partition coefficient (Wildman–Crippen LogP) is 3.95. The minimum Gasteiger partial charge on any atom is -0.317 e. The quantitative estimate of drug-likeness (QED) is 0.656. The molecule has 120 valence electrons. The standard InChI is InChI=1S/C19H34N2/c1-6-20-12-11-18-7-9-19(10-8-18)15-21(13-16(2)3)14-17(4)5/h7-10,16-17,20H,6,11-15H2,1-5H3. The van der Waals surface area contributed by atoms with Crippen molar-refractivity contribution in [3.05, 3.63) is 35.4 Å². The number of hydrogen-bond donors (Lipinski definition) is 1. The predicted molar refractivity (Wildman–Crippen MR) is 93.6 cm³/mol. The number of hydrogen-bond acceptors (Lipinski definition) is 2. The topological polar surface area (TPSA) is 15.3 Å². The van der Waals surface area contributed by atoms with Crippen molar-refractivity contribution >= 4 is 0 Å². The van der Waals surface area contributed by atoms with E-state index in [1.807, 2.05) is 0 Å². The lowest BCUT2D eigenvalue weighted by molar-refractivity contribution is 0.211. The lowest BCUT2D eigenvalue weighted by Crippen LogP contribution is -2.30. The Morgan fingerprint density at radius 1 is 0.905 bits per heavy atom. The van der Waals surface area contributed by atoms with Crippen LogP contribution in [-0.4, -0.2) is 31.1 Å². The van der Waals surface area contributed by atoms with Crippen molar-refractivity contribution in [3.63, 3.8) is 0 Å². The third kappa shape index (κ3) is 8.23. The van der Waals surface area contributed by atoms with Gasteiger partial charge in [-0.05, 0) is 42.5 Å². The van der Waals surface area contributed by atoms with E-state index in [0.29, 0.717) is 0 Å². The molecule has 0 saturated carbocycles. The lowest BCUT2D eigenvalue weighted by Gasteiger charge is -2.26. The highest BCUT2D eigenvalue weighted by Gasteiger charge is 2.10. The smallest absolute Gasteiger partial charge is 0.0233 e. The normalized spacial score (nSPS) is 11.8. The Morgan fingerprint density at radius 2 is 1.43 bits per heavy atom. The Balaban J connectivity index is 2.54. The Morgan fingerprint density at radius 3 is 1.90 bits per heavy atom. The van der Waals surface area contributed by atoms with Crippen LogP contribution in [0.1, 0.15) is 45.7 Å². The fraction of sp³-hybridized carbons (Fsp3) is 0.684. The van der Waals surface area contributed by atoms with E-state index >= 15 is 0 Å². The monoisotopic (exact) mass is 290 g/mol. The summed E-state index contributed by atoms with van der Waals surface area (Å²) in [6, 6.07) is 9.18. The second-order valence-corrected chi connectivity index (χ2v) is 6.90. The molecule has 0 aliphatic rings. The minimum absolute atomic E-state index is 0.725. The summed E-state index contributed by atoms with van der Waals surface area (Å²) in [5.74, 6) is 1.45. The van der Waals surface area contributed by atoms with Gasteiger partial charge in [0.25, 0.3) is 0 Å². The van der Waals surface area contributed by atoms with E-state index in [2.05, 4.69) is 69.1 Å². The van der Waals surface area contributed by atoms with Crippen LogP contribution in [0.4, 0.5) is 0 Å². The van der Waals surface area contributed by atoms with E-state index in [1.165, 1.54) is 24.2 Å². The van der Waals surface area contributed by atoms with Crippen molar-refractivity contribution in [2.75, 3.05) is 26.2 Å². The molecule has 0 amide bonds. The van der Waals surface area contributed by atoms with Crippen molar-refractivity contribution in [2.24, 2.45) is 11.8 Å². The summed E-state index contributed by atoms with van der Waals surface area (Å²) >= 11 is 0. The summed E-state index contributed by atoms with van der Waals surface area (Å²) < 4.78 is 0. The largest absolute Gasteiger partial charge is 0.317 e. The van der Waals surface area contributed by atoms with Gasteiger partial charge in [-0.25, -0.2) is 0 Å². The van der Waals surface area contributed by atoms with Crippen molar-refractivity contribution in [3.8, 4) is 0 Å². The van der Waals surface area contributed by atoms with Gasteiger partial charge < -0.3 is 5.32 Å². The number of likely N-dealkylation sites (N-methyl/N-ethyl adjacent to an activating group) is 1. The van der Waals surface area contributed by atoms with Gasteiger partial charge in [0.05, 0.1) is 0 Å². The molecule has 1 N–H and O–H groups in total. The van der Waals surface area contributed by atoms with Crippen LogP contribution in [0, 0.1) is 11.8 Å². The zero-order valence-electron chi connectivity index (χ0n) is 14.7. The number of benzene rings is 1. The molecule has 1 aromatic rings. The van der Waals surface area contributed by atoms with Crippen LogP contribution in [-0.2, 0) is 13.0 Å². The van der Waals surface area contributed by atoms with Crippen LogP contribution in [0.15, 0.2) is 24.3 Å². The Labute approximate surface area is 131 Å². The maximum atomic E-state index is 3.38. The average Bonchev–Trinajstić information content (AvgIpc) is 2.39. The molecule has 1 aromatic carbocycles. The first-order chi connectivity index (χ1) is 10.0. The zero-order valence-corrected chi connectivity index (χ0v) is 14.7. The second-order valence-electron chi connectivity index (χ2n) is 6.90. The second kappa shape index (κ2) is 9.97. The van der Waals surface area contributed by atoms with E-state index in [4.69, 9.17) is 0 Å². The molecular formula is C19H34N2. The van der Waals surface area contributed by atoms with E-state index in [1.54, 1.807) is 0 Å². The van der Waals surface area contributed by atoms with Crippen LogP contribution in [0.25, 0.3) is 0 Å². The highest BCUT2D eigenvalue weighted by Crippen LogP contribution is 2.11. The molecular weight excluding hydrogens is 256 g/mol. The highest BCUT2D eigenvalue weighted by atomic mass is 15.1.